The van der Waals surface area contributed by atoms with Crippen LogP contribution in [0.3, 0.4) is 0 Å². The molecule has 0 unspecified atom stereocenters. The molecule has 2 saturated heterocycles. The van der Waals surface area contributed by atoms with Gasteiger partial charge in [0, 0.05) is 68.5 Å². The fourth-order valence-electron chi connectivity index (χ4n) is 4.46. The zero-order valence-corrected chi connectivity index (χ0v) is 19.5. The van der Waals surface area contributed by atoms with Crippen LogP contribution in [0.4, 0.5) is 5.13 Å². The van der Waals surface area contributed by atoms with Crippen LogP contribution < -0.4 is 4.90 Å². The summed E-state index contributed by atoms with van der Waals surface area (Å²) in [6.45, 7) is 5.81. The molecule has 0 bridgehead atoms. The molecule has 1 N–H and O–H groups in total. The summed E-state index contributed by atoms with van der Waals surface area (Å²) in [6.07, 6.45) is 1.05. The average molecular weight is 464 g/mol. The lowest BCUT2D eigenvalue weighted by molar-refractivity contribution is 0.0546. The number of hydrogen-bond acceptors (Lipinski definition) is 7. The number of aromatic nitrogens is 2. The monoisotopic (exact) mass is 463 g/mol. The molecule has 0 saturated carbocycles. The number of aliphatic hydroxyl groups excluding tert-OH is 1. The predicted octanol–water partition coefficient (Wildman–Crippen LogP) is 3.12. The van der Waals surface area contributed by atoms with Gasteiger partial charge in [0.2, 0.25) is 5.13 Å². The maximum atomic E-state index is 12.9. The number of aliphatic hydroxyl groups is 1. The molecular formula is C25H29N5O2S. The number of anilines is 1. The number of likely N-dealkylation sites (tertiary alicyclic amines) is 1. The van der Waals surface area contributed by atoms with Gasteiger partial charge < -0.3 is 14.9 Å². The molecule has 0 atom stereocenters. The summed E-state index contributed by atoms with van der Waals surface area (Å²) in [6, 6.07) is 18.1. The molecule has 33 heavy (non-hydrogen) atoms. The Morgan fingerprint density at radius 1 is 0.970 bits per heavy atom. The molecule has 0 radical (unpaired) electrons. The van der Waals surface area contributed by atoms with Crippen molar-refractivity contribution < 1.29 is 9.90 Å². The topological polar surface area (TPSA) is 72.8 Å². The minimum atomic E-state index is -0.274. The van der Waals surface area contributed by atoms with Gasteiger partial charge in [0.1, 0.15) is 0 Å². The maximum Gasteiger partial charge on any atom is 0.253 e. The van der Waals surface area contributed by atoms with E-state index in [9.17, 15) is 9.90 Å². The number of piperazine rings is 1. The van der Waals surface area contributed by atoms with Crippen LogP contribution in [0.5, 0.6) is 0 Å². The standard InChI is InChI=1S/C25H29N5O2S/c31-22-9-11-29(12-10-22)24(32)21-8-4-5-19(17-21)18-28-13-15-30(16-14-28)25-26-23(27-33-25)20-6-2-1-3-7-20/h1-8,17,22,31H,9-16,18H2. The van der Waals surface area contributed by atoms with Gasteiger partial charge in [-0.1, -0.05) is 42.5 Å². The van der Waals surface area contributed by atoms with Gasteiger partial charge in [-0.2, -0.15) is 9.36 Å². The van der Waals surface area contributed by atoms with Gasteiger partial charge in [0.25, 0.3) is 5.91 Å². The Bertz CT molecular complexity index is 1070. The molecule has 1 amide bonds. The molecular weight excluding hydrogens is 434 g/mol. The van der Waals surface area contributed by atoms with Crippen LogP contribution in [0.25, 0.3) is 11.4 Å². The van der Waals surface area contributed by atoms with Crippen molar-refractivity contribution in [3.8, 4) is 11.4 Å². The number of hydrogen-bond donors (Lipinski definition) is 1. The summed E-state index contributed by atoms with van der Waals surface area (Å²) in [5.74, 6) is 0.863. The second-order valence-corrected chi connectivity index (χ2v) is 9.48. The molecule has 8 heteroatoms. The van der Waals surface area contributed by atoms with Crippen molar-refractivity contribution in [3.63, 3.8) is 0 Å². The van der Waals surface area contributed by atoms with E-state index in [2.05, 4.69) is 20.2 Å². The number of benzene rings is 2. The largest absolute Gasteiger partial charge is 0.393 e. The highest BCUT2D eigenvalue weighted by Gasteiger charge is 2.23. The summed E-state index contributed by atoms with van der Waals surface area (Å²) in [7, 11) is 0. The van der Waals surface area contributed by atoms with Crippen LogP contribution in [-0.2, 0) is 6.54 Å². The Labute approximate surface area is 198 Å². The van der Waals surface area contributed by atoms with E-state index in [0.717, 1.165) is 60.4 Å². The molecule has 2 aliphatic rings. The molecule has 2 aromatic carbocycles. The highest BCUT2D eigenvalue weighted by Crippen LogP contribution is 2.25. The average Bonchev–Trinajstić information content (AvgIpc) is 3.36. The molecule has 172 valence electrons. The Hall–Kier alpha value is -2.81. The number of carbonyl (C=O) groups is 1. The lowest BCUT2D eigenvalue weighted by Crippen LogP contribution is -2.46. The number of rotatable bonds is 5. The van der Waals surface area contributed by atoms with Crippen molar-refractivity contribution in [1.29, 1.82) is 0 Å². The van der Waals surface area contributed by atoms with Crippen LogP contribution in [0.15, 0.2) is 54.6 Å². The lowest BCUT2D eigenvalue weighted by atomic mass is 10.0. The van der Waals surface area contributed by atoms with Crippen molar-refractivity contribution in [2.75, 3.05) is 44.2 Å². The third kappa shape index (κ3) is 5.24. The van der Waals surface area contributed by atoms with Crippen molar-refractivity contribution in [3.05, 3.63) is 65.7 Å². The van der Waals surface area contributed by atoms with Crippen LogP contribution in [0, 0.1) is 0 Å². The fraction of sp³-hybridized carbons (Fsp3) is 0.400. The molecule has 3 aromatic rings. The third-order valence-electron chi connectivity index (χ3n) is 6.42. The van der Waals surface area contributed by atoms with E-state index in [-0.39, 0.29) is 12.0 Å². The number of carbonyl (C=O) groups excluding carboxylic acids is 1. The van der Waals surface area contributed by atoms with Gasteiger partial charge in [-0.25, -0.2) is 0 Å². The number of piperidine rings is 1. The van der Waals surface area contributed by atoms with E-state index in [0.29, 0.717) is 25.9 Å². The predicted molar refractivity (Wildman–Crippen MR) is 130 cm³/mol. The highest BCUT2D eigenvalue weighted by molar-refractivity contribution is 7.09. The molecule has 0 spiro atoms. The van der Waals surface area contributed by atoms with Crippen LogP contribution in [0.1, 0.15) is 28.8 Å². The molecule has 2 fully saturated rings. The first kappa shape index (κ1) is 22.0. The summed E-state index contributed by atoms with van der Waals surface area (Å²) in [4.78, 5) is 24.2. The van der Waals surface area contributed by atoms with Gasteiger partial charge in [0.05, 0.1) is 6.10 Å². The lowest BCUT2D eigenvalue weighted by Gasteiger charge is -2.34. The van der Waals surface area contributed by atoms with Gasteiger partial charge in [-0.05, 0) is 30.5 Å². The third-order valence-corrected chi connectivity index (χ3v) is 7.20. The zero-order valence-electron chi connectivity index (χ0n) is 18.6. The van der Waals surface area contributed by atoms with Crippen molar-refractivity contribution in [1.82, 2.24) is 19.2 Å². The Morgan fingerprint density at radius 2 is 1.73 bits per heavy atom. The Kier molecular flexibility index (Phi) is 6.66. The molecule has 7 nitrogen and oxygen atoms in total. The molecule has 2 aliphatic heterocycles. The second kappa shape index (κ2) is 9.99. The van der Waals surface area contributed by atoms with Gasteiger partial charge in [-0.3, -0.25) is 9.69 Å². The Balaban J connectivity index is 1.16. The summed E-state index contributed by atoms with van der Waals surface area (Å²) in [5.41, 5.74) is 2.95. The van der Waals surface area contributed by atoms with Crippen molar-refractivity contribution >= 4 is 22.6 Å². The summed E-state index contributed by atoms with van der Waals surface area (Å²) >= 11 is 1.46. The molecule has 0 aliphatic carbocycles. The normalized spacial score (nSPS) is 18.0. The SMILES string of the molecule is O=C(c1cccc(CN2CCN(c3nc(-c4ccccc4)ns3)CC2)c1)N1CCC(O)CC1. The number of nitrogens with zero attached hydrogens (tertiary/aromatic N) is 5. The van der Waals surface area contributed by atoms with Crippen LogP contribution in [-0.4, -0.2) is 75.5 Å². The van der Waals surface area contributed by atoms with Gasteiger partial charge >= 0.3 is 0 Å². The van der Waals surface area contributed by atoms with Crippen molar-refractivity contribution in [2.24, 2.45) is 0 Å². The van der Waals surface area contributed by atoms with E-state index in [1.807, 2.05) is 53.4 Å². The van der Waals surface area contributed by atoms with Crippen LogP contribution in [0.2, 0.25) is 0 Å². The zero-order chi connectivity index (χ0) is 22.6. The van der Waals surface area contributed by atoms with E-state index in [1.54, 1.807) is 0 Å². The van der Waals surface area contributed by atoms with Crippen LogP contribution >= 0.6 is 11.5 Å². The summed E-state index contributed by atoms with van der Waals surface area (Å²) in [5, 5.41) is 10.7. The second-order valence-electron chi connectivity index (χ2n) is 8.75. The first-order valence-corrected chi connectivity index (χ1v) is 12.4. The quantitative estimate of drug-likeness (QED) is 0.627. The smallest absolute Gasteiger partial charge is 0.253 e. The number of amides is 1. The van der Waals surface area contributed by atoms with E-state index in [4.69, 9.17) is 4.98 Å². The fourth-order valence-corrected chi connectivity index (χ4v) is 5.20. The highest BCUT2D eigenvalue weighted by atomic mass is 32.1. The molecule has 1 aromatic heterocycles. The van der Waals surface area contributed by atoms with Gasteiger partial charge in [0.15, 0.2) is 5.82 Å². The van der Waals surface area contributed by atoms with Crippen molar-refractivity contribution in [2.45, 2.75) is 25.5 Å². The van der Waals surface area contributed by atoms with E-state index in [1.165, 1.54) is 11.5 Å². The molecule has 3 heterocycles. The first-order valence-electron chi connectivity index (χ1n) is 11.6. The van der Waals surface area contributed by atoms with E-state index < -0.39 is 0 Å². The first-order chi connectivity index (χ1) is 16.2. The van der Waals surface area contributed by atoms with E-state index >= 15 is 0 Å². The molecule has 5 rings (SSSR count). The minimum Gasteiger partial charge on any atom is -0.393 e. The Morgan fingerprint density at radius 3 is 2.48 bits per heavy atom. The minimum absolute atomic E-state index is 0.0686. The maximum absolute atomic E-state index is 12.9. The van der Waals surface area contributed by atoms with Gasteiger partial charge in [-0.15, -0.1) is 0 Å². The summed E-state index contributed by atoms with van der Waals surface area (Å²) < 4.78 is 4.54.